The zero-order valence-corrected chi connectivity index (χ0v) is 11.4. The third-order valence-corrected chi connectivity index (χ3v) is 5.32. The van der Waals surface area contributed by atoms with Gasteiger partial charge in [-0.25, -0.2) is 0 Å². The lowest BCUT2D eigenvalue weighted by atomic mass is 9.99. The minimum Gasteiger partial charge on any atom is -0.468 e. The van der Waals surface area contributed by atoms with E-state index in [2.05, 4.69) is 5.32 Å². The fraction of sp³-hybridized carbons (Fsp3) is 0.714. The van der Waals surface area contributed by atoms with E-state index in [1.54, 1.807) is 6.26 Å². The summed E-state index contributed by atoms with van der Waals surface area (Å²) >= 11 is 1.96. The van der Waals surface area contributed by atoms with Crippen LogP contribution in [0.1, 0.15) is 37.9 Å². The third kappa shape index (κ3) is 2.92. The maximum absolute atomic E-state index is 9.67. The van der Waals surface area contributed by atoms with Gasteiger partial charge in [0, 0.05) is 16.8 Å². The zero-order chi connectivity index (χ0) is 12.4. The standard InChI is InChI=1S/C14H21NO2S/c16-10-14(15-11-3-4-11)6-5-13(8-14)18-9-12-2-1-7-17-12/h1-2,7,11,13,15-16H,3-6,8-10H2. The maximum Gasteiger partial charge on any atom is 0.113 e. The highest BCUT2D eigenvalue weighted by molar-refractivity contribution is 7.99. The summed E-state index contributed by atoms with van der Waals surface area (Å²) < 4.78 is 5.36. The molecule has 2 saturated carbocycles. The molecule has 3 nitrogen and oxygen atoms in total. The molecule has 1 heterocycles. The molecule has 4 heteroatoms. The van der Waals surface area contributed by atoms with Crippen molar-refractivity contribution >= 4 is 11.8 Å². The Labute approximate surface area is 112 Å². The number of furan rings is 1. The normalized spacial score (nSPS) is 31.9. The van der Waals surface area contributed by atoms with Gasteiger partial charge in [0.2, 0.25) is 0 Å². The molecule has 0 amide bonds. The molecule has 3 rings (SSSR count). The second-order valence-electron chi connectivity index (χ2n) is 5.61. The number of hydrogen-bond donors (Lipinski definition) is 2. The number of nitrogens with one attached hydrogen (secondary N) is 1. The Morgan fingerprint density at radius 1 is 1.44 bits per heavy atom. The monoisotopic (exact) mass is 267 g/mol. The van der Waals surface area contributed by atoms with Gasteiger partial charge < -0.3 is 14.8 Å². The number of aliphatic hydroxyl groups is 1. The Kier molecular flexibility index (Phi) is 3.68. The molecule has 0 bridgehead atoms. The van der Waals surface area contributed by atoms with Crippen LogP contribution in [0.2, 0.25) is 0 Å². The molecule has 18 heavy (non-hydrogen) atoms. The summed E-state index contributed by atoms with van der Waals surface area (Å²) in [6, 6.07) is 4.65. The Balaban J connectivity index is 1.50. The van der Waals surface area contributed by atoms with Crippen molar-refractivity contribution in [2.45, 2.75) is 54.7 Å². The molecule has 2 unspecified atom stereocenters. The summed E-state index contributed by atoms with van der Waals surface area (Å²) in [6.07, 6.45) is 7.70. The van der Waals surface area contributed by atoms with Crippen LogP contribution in [0.5, 0.6) is 0 Å². The summed E-state index contributed by atoms with van der Waals surface area (Å²) in [7, 11) is 0. The van der Waals surface area contributed by atoms with Crippen molar-refractivity contribution in [1.29, 1.82) is 0 Å². The van der Waals surface area contributed by atoms with Crippen LogP contribution in [0.15, 0.2) is 22.8 Å². The van der Waals surface area contributed by atoms with Crippen LogP contribution < -0.4 is 5.32 Å². The van der Waals surface area contributed by atoms with Crippen molar-refractivity contribution in [3.05, 3.63) is 24.2 Å². The predicted molar refractivity (Wildman–Crippen MR) is 73.6 cm³/mol. The zero-order valence-electron chi connectivity index (χ0n) is 10.6. The molecule has 2 aliphatic carbocycles. The molecule has 0 saturated heterocycles. The van der Waals surface area contributed by atoms with Crippen LogP contribution in [0, 0.1) is 0 Å². The van der Waals surface area contributed by atoms with Gasteiger partial charge in [0.1, 0.15) is 5.76 Å². The summed E-state index contributed by atoms with van der Waals surface area (Å²) in [5, 5.41) is 14.0. The minimum atomic E-state index is 0.00198. The first kappa shape index (κ1) is 12.6. The highest BCUT2D eigenvalue weighted by Gasteiger charge is 2.42. The van der Waals surface area contributed by atoms with Crippen molar-refractivity contribution in [3.63, 3.8) is 0 Å². The molecule has 0 aromatic carbocycles. The largest absolute Gasteiger partial charge is 0.468 e. The van der Waals surface area contributed by atoms with E-state index in [1.807, 2.05) is 23.9 Å². The summed E-state index contributed by atoms with van der Waals surface area (Å²) in [6.45, 7) is 0.279. The highest BCUT2D eigenvalue weighted by atomic mass is 32.2. The van der Waals surface area contributed by atoms with E-state index in [0.29, 0.717) is 11.3 Å². The van der Waals surface area contributed by atoms with E-state index in [9.17, 15) is 5.11 Å². The summed E-state index contributed by atoms with van der Waals surface area (Å²) in [5.41, 5.74) is 0.00198. The maximum atomic E-state index is 9.67. The van der Waals surface area contributed by atoms with Crippen molar-refractivity contribution in [3.8, 4) is 0 Å². The Morgan fingerprint density at radius 2 is 2.33 bits per heavy atom. The molecule has 100 valence electrons. The predicted octanol–water partition coefficient (Wildman–Crippen LogP) is 2.55. The van der Waals surface area contributed by atoms with Crippen LogP contribution >= 0.6 is 11.8 Å². The lowest BCUT2D eigenvalue weighted by molar-refractivity contribution is 0.163. The number of hydrogen-bond acceptors (Lipinski definition) is 4. The van der Waals surface area contributed by atoms with E-state index in [0.717, 1.165) is 24.4 Å². The lowest BCUT2D eigenvalue weighted by Gasteiger charge is -2.28. The van der Waals surface area contributed by atoms with Gasteiger partial charge in [-0.3, -0.25) is 0 Å². The van der Waals surface area contributed by atoms with Gasteiger partial charge in [-0.05, 0) is 44.2 Å². The van der Waals surface area contributed by atoms with Crippen molar-refractivity contribution in [2.75, 3.05) is 6.61 Å². The van der Waals surface area contributed by atoms with Gasteiger partial charge in [0.15, 0.2) is 0 Å². The van der Waals surface area contributed by atoms with Gasteiger partial charge in [-0.1, -0.05) is 0 Å². The van der Waals surface area contributed by atoms with Crippen molar-refractivity contribution in [1.82, 2.24) is 5.32 Å². The average molecular weight is 267 g/mol. The average Bonchev–Trinajstić information content (AvgIpc) is 2.91. The molecule has 2 fully saturated rings. The summed E-state index contributed by atoms with van der Waals surface area (Å²) in [4.78, 5) is 0. The third-order valence-electron chi connectivity index (χ3n) is 3.99. The first-order valence-electron chi connectivity index (χ1n) is 6.82. The van der Waals surface area contributed by atoms with E-state index < -0.39 is 0 Å². The van der Waals surface area contributed by atoms with E-state index in [1.165, 1.54) is 19.3 Å². The Morgan fingerprint density at radius 3 is 3.00 bits per heavy atom. The highest BCUT2D eigenvalue weighted by Crippen LogP contribution is 2.40. The van der Waals surface area contributed by atoms with Gasteiger partial charge in [-0.15, -0.1) is 0 Å². The first-order chi connectivity index (χ1) is 8.80. The Bertz CT molecular complexity index is 377. The van der Waals surface area contributed by atoms with E-state index >= 15 is 0 Å². The van der Waals surface area contributed by atoms with Crippen LogP contribution in [-0.2, 0) is 5.75 Å². The fourth-order valence-corrected chi connectivity index (χ4v) is 4.08. The van der Waals surface area contributed by atoms with Crippen LogP contribution in [0.3, 0.4) is 0 Å². The molecule has 1 aromatic rings. The molecular formula is C14H21NO2S. The molecule has 2 aliphatic rings. The SMILES string of the molecule is OCC1(NC2CC2)CCC(SCc2ccco2)C1. The molecule has 0 radical (unpaired) electrons. The molecule has 2 atom stereocenters. The quantitative estimate of drug-likeness (QED) is 0.831. The fourth-order valence-electron chi connectivity index (χ4n) is 2.80. The number of rotatable bonds is 6. The van der Waals surface area contributed by atoms with Crippen molar-refractivity contribution < 1.29 is 9.52 Å². The second-order valence-corrected chi connectivity index (χ2v) is 6.90. The van der Waals surface area contributed by atoms with Crippen LogP contribution in [0.4, 0.5) is 0 Å². The molecular weight excluding hydrogens is 246 g/mol. The van der Waals surface area contributed by atoms with Gasteiger partial charge in [0.05, 0.1) is 18.6 Å². The molecule has 0 aliphatic heterocycles. The van der Waals surface area contributed by atoms with Crippen LogP contribution in [-0.4, -0.2) is 28.5 Å². The van der Waals surface area contributed by atoms with Gasteiger partial charge in [-0.2, -0.15) is 11.8 Å². The number of thioether (sulfide) groups is 1. The van der Waals surface area contributed by atoms with Gasteiger partial charge >= 0.3 is 0 Å². The summed E-state index contributed by atoms with van der Waals surface area (Å²) in [5.74, 6) is 2.00. The van der Waals surface area contributed by atoms with Crippen molar-refractivity contribution in [2.24, 2.45) is 0 Å². The minimum absolute atomic E-state index is 0.00198. The topological polar surface area (TPSA) is 45.4 Å². The number of aliphatic hydroxyl groups excluding tert-OH is 1. The molecule has 0 spiro atoms. The molecule has 1 aromatic heterocycles. The Hall–Kier alpha value is -0.450. The van der Waals surface area contributed by atoms with E-state index in [-0.39, 0.29) is 12.1 Å². The lowest BCUT2D eigenvalue weighted by Crippen LogP contribution is -2.47. The molecule has 2 N–H and O–H groups in total. The smallest absolute Gasteiger partial charge is 0.113 e. The second kappa shape index (κ2) is 5.27. The first-order valence-corrected chi connectivity index (χ1v) is 7.87. The van der Waals surface area contributed by atoms with Crippen LogP contribution in [0.25, 0.3) is 0 Å². The van der Waals surface area contributed by atoms with Gasteiger partial charge in [0.25, 0.3) is 0 Å². The van der Waals surface area contributed by atoms with E-state index in [4.69, 9.17) is 4.42 Å².